The Bertz CT molecular complexity index is 971. The molecule has 1 fully saturated rings. The minimum Gasteiger partial charge on any atom is -0.478 e. The van der Waals surface area contributed by atoms with Crippen LogP contribution in [0.5, 0.6) is 0 Å². The number of carboxylic acids is 1. The molecule has 2 aromatic carbocycles. The SMILES string of the molecule is O=C(O)c1cccnc1N1CCN(Cc2ccc(SCc3ccccc3)cc2)CC1. The first kappa shape index (κ1) is 20.4. The third-order valence-electron chi connectivity index (χ3n) is 5.27. The molecule has 0 bridgehead atoms. The summed E-state index contributed by atoms with van der Waals surface area (Å²) in [6, 6.07) is 22.6. The Balaban J connectivity index is 1.28. The second kappa shape index (κ2) is 9.78. The molecular weight excluding hydrogens is 394 g/mol. The lowest BCUT2D eigenvalue weighted by Crippen LogP contribution is -2.46. The van der Waals surface area contributed by atoms with Crippen molar-refractivity contribution in [2.45, 2.75) is 17.2 Å². The van der Waals surface area contributed by atoms with Crippen LogP contribution in [0.1, 0.15) is 21.5 Å². The summed E-state index contributed by atoms with van der Waals surface area (Å²) >= 11 is 1.85. The molecule has 0 unspecified atom stereocenters. The Morgan fingerprint density at radius 3 is 2.33 bits per heavy atom. The van der Waals surface area contributed by atoms with Crippen molar-refractivity contribution in [1.29, 1.82) is 0 Å². The van der Waals surface area contributed by atoms with E-state index in [0.717, 1.165) is 38.5 Å². The lowest BCUT2D eigenvalue weighted by atomic mass is 10.2. The van der Waals surface area contributed by atoms with Crippen LogP contribution in [0.15, 0.2) is 77.8 Å². The van der Waals surface area contributed by atoms with Crippen molar-refractivity contribution in [1.82, 2.24) is 9.88 Å². The number of carboxylic acid groups (broad SMARTS) is 1. The van der Waals surface area contributed by atoms with Crippen molar-refractivity contribution >= 4 is 23.5 Å². The number of piperazine rings is 1. The van der Waals surface area contributed by atoms with Gasteiger partial charge in [0.25, 0.3) is 0 Å². The summed E-state index contributed by atoms with van der Waals surface area (Å²) < 4.78 is 0. The summed E-state index contributed by atoms with van der Waals surface area (Å²) in [5, 5.41) is 9.39. The van der Waals surface area contributed by atoms with E-state index in [2.05, 4.69) is 63.3 Å². The summed E-state index contributed by atoms with van der Waals surface area (Å²) in [5.41, 5.74) is 2.91. The zero-order valence-electron chi connectivity index (χ0n) is 16.8. The maximum atomic E-state index is 11.4. The van der Waals surface area contributed by atoms with Gasteiger partial charge in [-0.3, -0.25) is 4.90 Å². The average Bonchev–Trinajstić information content (AvgIpc) is 2.80. The molecule has 0 saturated carbocycles. The van der Waals surface area contributed by atoms with Crippen molar-refractivity contribution in [3.8, 4) is 0 Å². The highest BCUT2D eigenvalue weighted by Crippen LogP contribution is 2.24. The molecule has 6 heteroatoms. The molecule has 0 atom stereocenters. The lowest BCUT2D eigenvalue weighted by Gasteiger charge is -2.35. The van der Waals surface area contributed by atoms with Crippen molar-refractivity contribution in [3.05, 3.63) is 89.6 Å². The van der Waals surface area contributed by atoms with Crippen LogP contribution < -0.4 is 4.90 Å². The van der Waals surface area contributed by atoms with Crippen LogP contribution in [0.2, 0.25) is 0 Å². The zero-order chi connectivity index (χ0) is 20.8. The number of anilines is 1. The Morgan fingerprint density at radius 2 is 1.63 bits per heavy atom. The van der Waals surface area contributed by atoms with E-state index in [1.807, 2.05) is 17.8 Å². The Hall–Kier alpha value is -2.83. The topological polar surface area (TPSA) is 56.7 Å². The van der Waals surface area contributed by atoms with Crippen LogP contribution in [0.25, 0.3) is 0 Å². The van der Waals surface area contributed by atoms with Gasteiger partial charge in [0.05, 0.1) is 0 Å². The molecule has 0 spiro atoms. The lowest BCUT2D eigenvalue weighted by molar-refractivity contribution is 0.0697. The number of hydrogen-bond acceptors (Lipinski definition) is 5. The molecule has 2 heterocycles. The summed E-state index contributed by atoms with van der Waals surface area (Å²) in [7, 11) is 0. The Morgan fingerprint density at radius 1 is 0.900 bits per heavy atom. The molecule has 5 nitrogen and oxygen atoms in total. The van der Waals surface area contributed by atoms with Gasteiger partial charge < -0.3 is 10.0 Å². The predicted octanol–water partition coefficient (Wildman–Crippen LogP) is 4.39. The Labute approximate surface area is 181 Å². The molecule has 1 aromatic heterocycles. The number of aromatic nitrogens is 1. The van der Waals surface area contributed by atoms with Crippen molar-refractivity contribution in [2.24, 2.45) is 0 Å². The van der Waals surface area contributed by atoms with Gasteiger partial charge in [-0.2, -0.15) is 0 Å². The van der Waals surface area contributed by atoms with E-state index in [9.17, 15) is 9.90 Å². The number of carbonyl (C=O) groups is 1. The second-order valence-electron chi connectivity index (χ2n) is 7.36. The van der Waals surface area contributed by atoms with E-state index in [1.54, 1.807) is 18.3 Å². The van der Waals surface area contributed by atoms with Crippen LogP contribution >= 0.6 is 11.8 Å². The van der Waals surface area contributed by atoms with E-state index in [-0.39, 0.29) is 5.56 Å². The molecule has 30 heavy (non-hydrogen) atoms. The first-order chi connectivity index (χ1) is 14.7. The highest BCUT2D eigenvalue weighted by atomic mass is 32.2. The standard InChI is InChI=1S/C24H25N3O2S/c28-24(29)22-7-4-12-25-23(22)27-15-13-26(14-16-27)17-19-8-10-21(11-9-19)30-18-20-5-2-1-3-6-20/h1-12H,13-18H2,(H,28,29). The first-order valence-corrected chi connectivity index (χ1v) is 11.1. The molecule has 4 rings (SSSR count). The minimum atomic E-state index is -0.925. The molecule has 0 aliphatic carbocycles. The van der Waals surface area contributed by atoms with Crippen LogP contribution in [0.3, 0.4) is 0 Å². The molecule has 0 radical (unpaired) electrons. The number of rotatable bonds is 7. The van der Waals surface area contributed by atoms with Crippen molar-refractivity contribution in [3.63, 3.8) is 0 Å². The van der Waals surface area contributed by atoms with E-state index in [0.29, 0.717) is 5.82 Å². The maximum Gasteiger partial charge on any atom is 0.339 e. The second-order valence-corrected chi connectivity index (χ2v) is 8.41. The first-order valence-electron chi connectivity index (χ1n) is 10.1. The van der Waals surface area contributed by atoms with E-state index in [4.69, 9.17) is 0 Å². The number of nitrogens with zero attached hydrogens (tertiary/aromatic N) is 3. The quantitative estimate of drug-likeness (QED) is 0.573. The molecule has 3 aromatic rings. The fraction of sp³-hybridized carbons (Fsp3) is 0.250. The third-order valence-corrected chi connectivity index (χ3v) is 6.35. The maximum absolute atomic E-state index is 11.4. The normalized spacial score (nSPS) is 14.6. The van der Waals surface area contributed by atoms with E-state index in [1.165, 1.54) is 16.0 Å². The fourth-order valence-corrected chi connectivity index (χ4v) is 4.48. The van der Waals surface area contributed by atoms with Gasteiger partial charge in [0.1, 0.15) is 11.4 Å². The smallest absolute Gasteiger partial charge is 0.339 e. The van der Waals surface area contributed by atoms with Crippen molar-refractivity contribution in [2.75, 3.05) is 31.1 Å². The number of thioether (sulfide) groups is 1. The van der Waals surface area contributed by atoms with Crippen LogP contribution in [0.4, 0.5) is 5.82 Å². The van der Waals surface area contributed by atoms with Gasteiger partial charge in [-0.15, -0.1) is 11.8 Å². The Kier molecular flexibility index (Phi) is 6.67. The van der Waals surface area contributed by atoms with E-state index >= 15 is 0 Å². The molecule has 1 N–H and O–H groups in total. The van der Waals surface area contributed by atoms with Crippen molar-refractivity contribution < 1.29 is 9.90 Å². The third kappa shape index (κ3) is 5.20. The zero-order valence-corrected chi connectivity index (χ0v) is 17.6. The minimum absolute atomic E-state index is 0.273. The molecule has 1 aliphatic rings. The van der Waals surface area contributed by atoms with Crippen LogP contribution in [0, 0.1) is 0 Å². The van der Waals surface area contributed by atoms with Gasteiger partial charge in [-0.05, 0) is 35.4 Å². The number of pyridine rings is 1. The highest BCUT2D eigenvalue weighted by Gasteiger charge is 2.22. The van der Waals surface area contributed by atoms with Crippen LogP contribution in [-0.2, 0) is 12.3 Å². The highest BCUT2D eigenvalue weighted by molar-refractivity contribution is 7.98. The average molecular weight is 420 g/mol. The monoisotopic (exact) mass is 419 g/mol. The van der Waals surface area contributed by atoms with Crippen LogP contribution in [-0.4, -0.2) is 47.1 Å². The van der Waals surface area contributed by atoms with Gasteiger partial charge in [0.2, 0.25) is 0 Å². The largest absolute Gasteiger partial charge is 0.478 e. The van der Waals surface area contributed by atoms with Gasteiger partial charge in [0.15, 0.2) is 0 Å². The number of aromatic carboxylic acids is 1. The van der Waals surface area contributed by atoms with E-state index < -0.39 is 5.97 Å². The summed E-state index contributed by atoms with van der Waals surface area (Å²) in [4.78, 5) is 21.5. The van der Waals surface area contributed by atoms with Gasteiger partial charge in [-0.25, -0.2) is 9.78 Å². The molecule has 154 valence electrons. The predicted molar refractivity (Wildman–Crippen MR) is 121 cm³/mol. The number of hydrogen-bond donors (Lipinski definition) is 1. The molecular formula is C24H25N3O2S. The summed E-state index contributed by atoms with van der Waals surface area (Å²) in [6.07, 6.45) is 1.66. The van der Waals surface area contributed by atoms with Gasteiger partial charge in [0, 0.05) is 49.6 Å². The van der Waals surface area contributed by atoms with Gasteiger partial charge in [-0.1, -0.05) is 42.5 Å². The molecule has 0 amide bonds. The fourth-order valence-electron chi connectivity index (χ4n) is 3.62. The summed E-state index contributed by atoms with van der Waals surface area (Å²) in [5.74, 6) is 0.628. The molecule has 1 saturated heterocycles. The summed E-state index contributed by atoms with van der Waals surface area (Å²) in [6.45, 7) is 4.25. The van der Waals surface area contributed by atoms with Gasteiger partial charge >= 0.3 is 5.97 Å². The number of benzene rings is 2. The molecule has 1 aliphatic heterocycles.